The summed E-state index contributed by atoms with van der Waals surface area (Å²) in [6.07, 6.45) is 7.11. The molecule has 0 unspecified atom stereocenters. The number of rotatable bonds is 7. The molecule has 1 aromatic carbocycles. The first kappa shape index (κ1) is 19.4. The van der Waals surface area contributed by atoms with Crippen LogP contribution in [-0.2, 0) is 6.42 Å². The van der Waals surface area contributed by atoms with Crippen molar-refractivity contribution in [2.24, 2.45) is 0 Å². The predicted molar refractivity (Wildman–Crippen MR) is 114 cm³/mol. The normalized spacial score (nSPS) is 10.6. The second kappa shape index (κ2) is 9.04. The number of halogens is 1. The van der Waals surface area contributed by atoms with Crippen LogP contribution < -0.4 is 10.2 Å². The van der Waals surface area contributed by atoms with Crippen LogP contribution in [0.5, 0.6) is 0 Å². The van der Waals surface area contributed by atoms with E-state index in [-0.39, 0.29) is 5.82 Å². The lowest BCUT2D eigenvalue weighted by molar-refractivity contribution is 0.613. The zero-order valence-corrected chi connectivity index (χ0v) is 16.4. The highest BCUT2D eigenvalue weighted by atomic mass is 19.1. The van der Waals surface area contributed by atoms with Crippen LogP contribution in [0.25, 0.3) is 11.4 Å². The number of aromatic nitrogens is 5. The van der Waals surface area contributed by atoms with Crippen LogP contribution >= 0.6 is 0 Å². The number of nitrogens with zero attached hydrogens (tertiary/aromatic N) is 6. The third kappa shape index (κ3) is 4.54. The monoisotopic (exact) mass is 401 g/mol. The SMILES string of the molecule is CN(c1ccnc(-c2ccccc2)n1)c1nc(NCCc2cccnc2)ncc1F. The van der Waals surface area contributed by atoms with Crippen LogP contribution in [0.1, 0.15) is 5.56 Å². The van der Waals surface area contributed by atoms with E-state index in [1.807, 2.05) is 48.7 Å². The minimum absolute atomic E-state index is 0.131. The molecule has 4 aromatic rings. The lowest BCUT2D eigenvalue weighted by Gasteiger charge is -2.18. The average molecular weight is 401 g/mol. The van der Waals surface area contributed by atoms with Crippen molar-refractivity contribution in [3.05, 3.63) is 84.7 Å². The van der Waals surface area contributed by atoms with Crippen molar-refractivity contribution in [1.82, 2.24) is 24.9 Å². The van der Waals surface area contributed by atoms with E-state index in [9.17, 15) is 4.39 Å². The predicted octanol–water partition coefficient (Wildman–Crippen LogP) is 3.89. The van der Waals surface area contributed by atoms with Crippen LogP contribution in [0.15, 0.2) is 73.3 Å². The molecular weight excluding hydrogens is 381 g/mol. The van der Waals surface area contributed by atoms with Gasteiger partial charge in [-0.2, -0.15) is 4.98 Å². The molecular formula is C22H20FN7. The third-order valence-electron chi connectivity index (χ3n) is 4.48. The molecule has 0 amide bonds. The molecule has 0 aliphatic rings. The van der Waals surface area contributed by atoms with Crippen LogP contribution in [0.4, 0.5) is 22.0 Å². The summed E-state index contributed by atoms with van der Waals surface area (Å²) in [5.41, 5.74) is 1.98. The molecule has 4 rings (SSSR count). The summed E-state index contributed by atoms with van der Waals surface area (Å²) in [5.74, 6) is 1.04. The van der Waals surface area contributed by atoms with E-state index in [0.29, 0.717) is 24.1 Å². The van der Waals surface area contributed by atoms with Crippen LogP contribution in [-0.4, -0.2) is 38.5 Å². The van der Waals surface area contributed by atoms with E-state index in [2.05, 4.69) is 30.2 Å². The fourth-order valence-electron chi connectivity index (χ4n) is 2.91. The van der Waals surface area contributed by atoms with Gasteiger partial charge in [0.2, 0.25) is 5.95 Å². The van der Waals surface area contributed by atoms with Gasteiger partial charge < -0.3 is 10.2 Å². The molecule has 0 radical (unpaired) electrons. The summed E-state index contributed by atoms with van der Waals surface area (Å²) in [5, 5.41) is 3.13. The molecule has 0 saturated heterocycles. The van der Waals surface area contributed by atoms with Crippen molar-refractivity contribution >= 4 is 17.6 Å². The minimum Gasteiger partial charge on any atom is -0.354 e. The van der Waals surface area contributed by atoms with E-state index >= 15 is 0 Å². The molecule has 3 heterocycles. The summed E-state index contributed by atoms with van der Waals surface area (Å²) < 4.78 is 14.5. The Balaban J connectivity index is 1.51. The van der Waals surface area contributed by atoms with Gasteiger partial charge in [-0.3, -0.25) is 4.98 Å². The second-order valence-corrected chi connectivity index (χ2v) is 6.57. The van der Waals surface area contributed by atoms with Crippen molar-refractivity contribution in [2.45, 2.75) is 6.42 Å². The molecule has 1 N–H and O–H groups in total. The number of anilines is 3. The Morgan fingerprint density at radius 2 is 1.80 bits per heavy atom. The largest absolute Gasteiger partial charge is 0.354 e. The summed E-state index contributed by atoms with van der Waals surface area (Å²) in [6, 6.07) is 15.2. The van der Waals surface area contributed by atoms with E-state index < -0.39 is 5.82 Å². The van der Waals surface area contributed by atoms with Gasteiger partial charge in [0.05, 0.1) is 6.20 Å². The smallest absolute Gasteiger partial charge is 0.224 e. The van der Waals surface area contributed by atoms with E-state index in [1.165, 1.54) is 0 Å². The molecule has 150 valence electrons. The zero-order chi connectivity index (χ0) is 20.8. The van der Waals surface area contributed by atoms with Gasteiger partial charge in [0.1, 0.15) is 5.82 Å². The Hall–Kier alpha value is -3.94. The van der Waals surface area contributed by atoms with Crippen LogP contribution in [0, 0.1) is 5.82 Å². The number of pyridine rings is 1. The molecule has 8 heteroatoms. The van der Waals surface area contributed by atoms with Crippen LogP contribution in [0.2, 0.25) is 0 Å². The van der Waals surface area contributed by atoms with E-state index in [0.717, 1.165) is 23.7 Å². The van der Waals surface area contributed by atoms with Crippen molar-refractivity contribution in [1.29, 1.82) is 0 Å². The fraction of sp³-hybridized carbons (Fsp3) is 0.136. The Morgan fingerprint density at radius 3 is 2.60 bits per heavy atom. The first-order chi connectivity index (χ1) is 14.7. The Morgan fingerprint density at radius 1 is 0.933 bits per heavy atom. The highest BCUT2D eigenvalue weighted by Crippen LogP contribution is 2.25. The Kier molecular flexibility index (Phi) is 5.84. The highest BCUT2D eigenvalue weighted by Gasteiger charge is 2.15. The van der Waals surface area contributed by atoms with Crippen molar-refractivity contribution in [3.8, 4) is 11.4 Å². The lowest BCUT2D eigenvalue weighted by Crippen LogP contribution is -2.17. The summed E-state index contributed by atoms with van der Waals surface area (Å²) in [7, 11) is 1.71. The molecule has 0 aliphatic heterocycles. The lowest BCUT2D eigenvalue weighted by atomic mass is 10.2. The van der Waals surface area contributed by atoms with E-state index in [4.69, 9.17) is 0 Å². The van der Waals surface area contributed by atoms with Crippen molar-refractivity contribution < 1.29 is 4.39 Å². The molecule has 30 heavy (non-hydrogen) atoms. The molecule has 0 bridgehead atoms. The average Bonchev–Trinajstić information content (AvgIpc) is 2.81. The standard InChI is InChI=1S/C22H20FN7/c1-30(19-10-13-25-20(28-19)17-7-3-2-4-8-17)21-18(23)15-27-22(29-21)26-12-9-16-6-5-11-24-14-16/h2-8,10-11,13-15H,9,12H2,1H3,(H,26,27,29). The van der Waals surface area contributed by atoms with Gasteiger partial charge in [0.15, 0.2) is 17.5 Å². The molecule has 7 nitrogen and oxygen atoms in total. The number of hydrogen-bond donors (Lipinski definition) is 1. The topological polar surface area (TPSA) is 79.7 Å². The summed E-state index contributed by atoms with van der Waals surface area (Å²) in [6.45, 7) is 0.603. The quantitative estimate of drug-likeness (QED) is 0.503. The molecule has 0 atom stereocenters. The Labute approximate surface area is 173 Å². The van der Waals surface area contributed by atoms with Crippen molar-refractivity contribution in [3.63, 3.8) is 0 Å². The maximum atomic E-state index is 14.5. The minimum atomic E-state index is -0.532. The molecule has 0 spiro atoms. The van der Waals surface area contributed by atoms with Gasteiger partial charge in [0, 0.05) is 37.7 Å². The van der Waals surface area contributed by atoms with Gasteiger partial charge in [0.25, 0.3) is 0 Å². The number of hydrogen-bond acceptors (Lipinski definition) is 7. The summed E-state index contributed by atoms with van der Waals surface area (Å²) in [4.78, 5) is 22.9. The van der Waals surface area contributed by atoms with Gasteiger partial charge in [-0.05, 0) is 24.1 Å². The number of nitrogens with one attached hydrogen (secondary N) is 1. The molecule has 0 aliphatic carbocycles. The van der Waals surface area contributed by atoms with Gasteiger partial charge in [-0.25, -0.2) is 19.3 Å². The van der Waals surface area contributed by atoms with Gasteiger partial charge >= 0.3 is 0 Å². The van der Waals surface area contributed by atoms with Gasteiger partial charge in [-0.15, -0.1) is 0 Å². The zero-order valence-electron chi connectivity index (χ0n) is 16.4. The van der Waals surface area contributed by atoms with Crippen molar-refractivity contribution in [2.75, 3.05) is 23.8 Å². The maximum Gasteiger partial charge on any atom is 0.224 e. The summed E-state index contributed by atoms with van der Waals surface area (Å²) >= 11 is 0. The molecule has 3 aromatic heterocycles. The van der Waals surface area contributed by atoms with E-state index in [1.54, 1.807) is 30.4 Å². The first-order valence-corrected chi connectivity index (χ1v) is 9.48. The van der Waals surface area contributed by atoms with Gasteiger partial charge in [-0.1, -0.05) is 36.4 Å². The second-order valence-electron chi connectivity index (χ2n) is 6.57. The third-order valence-corrected chi connectivity index (χ3v) is 4.48. The molecule has 0 saturated carbocycles. The van der Waals surface area contributed by atoms with Crippen LogP contribution in [0.3, 0.4) is 0 Å². The number of benzene rings is 1. The first-order valence-electron chi connectivity index (χ1n) is 9.48. The highest BCUT2D eigenvalue weighted by molar-refractivity contribution is 5.61. The Bertz CT molecular complexity index is 1110. The maximum absolute atomic E-state index is 14.5. The molecule has 0 fully saturated rings. The fourth-order valence-corrected chi connectivity index (χ4v) is 2.91.